The van der Waals surface area contributed by atoms with Crippen LogP contribution in [0.25, 0.3) is 0 Å². The first-order valence-corrected chi connectivity index (χ1v) is 19.8. The van der Waals surface area contributed by atoms with Gasteiger partial charge in [0.1, 0.15) is 0 Å². The Hall–Kier alpha value is -1.62. The SMILES string of the molecule is C/C=[C](/CO[Si](C)(C)C(C)(C)C)[Sn]([c]1ccccc1)([c]1ccccc1)[c]1ccccc1. The molecule has 0 aliphatic carbocycles. The first-order chi connectivity index (χ1) is 14.7. The summed E-state index contributed by atoms with van der Waals surface area (Å²) in [6.45, 7) is 14.6. The zero-order valence-corrected chi connectivity index (χ0v) is 23.7. The predicted octanol–water partition coefficient (Wildman–Crippen LogP) is 5.66. The van der Waals surface area contributed by atoms with E-state index in [0.29, 0.717) is 6.61 Å². The van der Waals surface area contributed by atoms with E-state index in [0.717, 1.165) is 0 Å². The molecule has 0 saturated heterocycles. The van der Waals surface area contributed by atoms with E-state index in [1.165, 1.54) is 14.3 Å². The van der Waals surface area contributed by atoms with Crippen molar-refractivity contribution in [3.63, 3.8) is 0 Å². The van der Waals surface area contributed by atoms with Crippen molar-refractivity contribution in [1.82, 2.24) is 0 Å². The van der Waals surface area contributed by atoms with Gasteiger partial charge in [-0.15, -0.1) is 0 Å². The Morgan fingerprint density at radius 2 is 1.10 bits per heavy atom. The molecule has 3 aromatic rings. The van der Waals surface area contributed by atoms with Crippen molar-refractivity contribution in [1.29, 1.82) is 0 Å². The average Bonchev–Trinajstić information content (AvgIpc) is 2.78. The fourth-order valence-corrected chi connectivity index (χ4v) is 19.4. The molecule has 0 bridgehead atoms. The molecule has 0 aromatic heterocycles. The number of allylic oxidation sites excluding steroid dienone is 1. The van der Waals surface area contributed by atoms with Crippen LogP contribution in [0.2, 0.25) is 18.1 Å². The van der Waals surface area contributed by atoms with Gasteiger partial charge in [-0.1, -0.05) is 0 Å². The molecule has 0 spiro atoms. The van der Waals surface area contributed by atoms with E-state index >= 15 is 0 Å². The number of hydrogen-bond donors (Lipinski definition) is 0. The molecule has 3 heteroatoms. The summed E-state index contributed by atoms with van der Waals surface area (Å²) in [6.07, 6.45) is 2.36. The van der Waals surface area contributed by atoms with Crippen LogP contribution >= 0.6 is 0 Å². The summed E-state index contributed by atoms with van der Waals surface area (Å²) in [5.74, 6) is 0. The Morgan fingerprint density at radius 3 is 1.39 bits per heavy atom. The van der Waals surface area contributed by atoms with Gasteiger partial charge < -0.3 is 0 Å². The molecule has 31 heavy (non-hydrogen) atoms. The van der Waals surface area contributed by atoms with Crippen LogP contribution in [-0.4, -0.2) is 33.3 Å². The molecule has 0 unspecified atom stereocenters. The van der Waals surface area contributed by atoms with Gasteiger partial charge in [0.05, 0.1) is 0 Å². The fraction of sp³-hybridized carbons (Fsp3) is 0.286. The topological polar surface area (TPSA) is 9.23 Å². The van der Waals surface area contributed by atoms with E-state index < -0.39 is 26.7 Å². The van der Waals surface area contributed by atoms with Crippen molar-refractivity contribution < 1.29 is 4.43 Å². The fourth-order valence-electron chi connectivity index (χ4n) is 4.00. The standard InChI is InChI=1S/C10H21OSi.3C6H5.Sn/c1-7-8-9-11-12(5,6)10(2,3)4;3*1-2-4-6-5-3-1;/h7H,9H2,1-6H3;3*1-5H;. The van der Waals surface area contributed by atoms with Crippen LogP contribution in [-0.2, 0) is 4.43 Å². The molecule has 0 heterocycles. The van der Waals surface area contributed by atoms with Gasteiger partial charge in [0.15, 0.2) is 0 Å². The third kappa shape index (κ3) is 4.91. The van der Waals surface area contributed by atoms with Crippen molar-refractivity contribution in [2.24, 2.45) is 0 Å². The second kappa shape index (κ2) is 9.89. The third-order valence-corrected chi connectivity index (χ3v) is 25.6. The normalized spacial score (nSPS) is 13.3. The summed E-state index contributed by atoms with van der Waals surface area (Å²) in [5.41, 5.74) is 0. The summed E-state index contributed by atoms with van der Waals surface area (Å²) in [5, 5.41) is 0.191. The average molecular weight is 535 g/mol. The van der Waals surface area contributed by atoms with Crippen molar-refractivity contribution in [2.45, 2.75) is 45.8 Å². The Bertz CT molecular complexity index is 893. The van der Waals surface area contributed by atoms with Gasteiger partial charge in [-0.25, -0.2) is 0 Å². The molecule has 0 saturated carbocycles. The zero-order chi connectivity index (χ0) is 22.5. The van der Waals surface area contributed by atoms with Crippen LogP contribution in [0.1, 0.15) is 27.7 Å². The van der Waals surface area contributed by atoms with Crippen LogP contribution in [0.3, 0.4) is 0 Å². The number of hydrogen-bond acceptors (Lipinski definition) is 1. The molecular weight excluding hydrogens is 499 g/mol. The Morgan fingerprint density at radius 1 is 0.742 bits per heavy atom. The van der Waals surface area contributed by atoms with E-state index in [9.17, 15) is 0 Å². The monoisotopic (exact) mass is 536 g/mol. The molecule has 0 amide bonds. The van der Waals surface area contributed by atoms with E-state index in [-0.39, 0.29) is 5.04 Å². The van der Waals surface area contributed by atoms with Crippen molar-refractivity contribution in [3.05, 3.63) is 101 Å². The van der Waals surface area contributed by atoms with Gasteiger partial charge in [0.25, 0.3) is 0 Å². The van der Waals surface area contributed by atoms with E-state index in [1.807, 2.05) is 0 Å². The molecule has 0 atom stereocenters. The first kappa shape index (κ1) is 24.0. The second-order valence-corrected chi connectivity index (χ2v) is 25.6. The van der Waals surface area contributed by atoms with Crippen molar-refractivity contribution in [3.8, 4) is 0 Å². The summed E-state index contributed by atoms with van der Waals surface area (Å²) < 4.78 is 12.7. The quantitative estimate of drug-likeness (QED) is 0.355. The minimum atomic E-state index is -3.50. The second-order valence-electron chi connectivity index (χ2n) is 9.71. The number of rotatable bonds is 7. The zero-order valence-electron chi connectivity index (χ0n) is 19.9. The summed E-state index contributed by atoms with van der Waals surface area (Å²) in [4.78, 5) is 0. The van der Waals surface area contributed by atoms with Crippen molar-refractivity contribution >= 4 is 37.4 Å². The summed E-state index contributed by atoms with van der Waals surface area (Å²) in [6, 6.07) is 33.5. The van der Waals surface area contributed by atoms with Crippen LogP contribution < -0.4 is 10.7 Å². The van der Waals surface area contributed by atoms with Crippen molar-refractivity contribution in [2.75, 3.05) is 6.61 Å². The summed E-state index contributed by atoms with van der Waals surface area (Å²) in [7, 11) is -1.87. The summed E-state index contributed by atoms with van der Waals surface area (Å²) >= 11 is -3.50. The molecule has 1 nitrogen and oxygen atoms in total. The van der Waals surface area contributed by atoms with Crippen LogP contribution in [0.4, 0.5) is 0 Å². The van der Waals surface area contributed by atoms with Gasteiger partial charge in [-0.05, 0) is 0 Å². The van der Waals surface area contributed by atoms with Crippen LogP contribution in [0.5, 0.6) is 0 Å². The molecule has 0 aliphatic rings. The molecule has 0 aliphatic heterocycles. The van der Waals surface area contributed by atoms with Gasteiger partial charge in [0, 0.05) is 0 Å². The van der Waals surface area contributed by atoms with E-state index in [4.69, 9.17) is 4.43 Å². The molecule has 3 rings (SSSR count). The first-order valence-electron chi connectivity index (χ1n) is 11.2. The maximum atomic E-state index is 6.84. The van der Waals surface area contributed by atoms with Gasteiger partial charge in [0.2, 0.25) is 0 Å². The molecule has 3 aromatic carbocycles. The predicted molar refractivity (Wildman–Crippen MR) is 141 cm³/mol. The van der Waals surface area contributed by atoms with Crippen LogP contribution in [0.15, 0.2) is 101 Å². The number of benzene rings is 3. The molecule has 0 radical (unpaired) electrons. The Balaban J connectivity index is 2.24. The third-order valence-electron chi connectivity index (χ3n) is 6.85. The molecule has 162 valence electrons. The van der Waals surface area contributed by atoms with Gasteiger partial charge >= 0.3 is 195 Å². The van der Waals surface area contributed by atoms with E-state index in [1.54, 1.807) is 0 Å². The molecular formula is C28H36OSiSn. The van der Waals surface area contributed by atoms with Crippen LogP contribution in [0, 0.1) is 0 Å². The van der Waals surface area contributed by atoms with E-state index in [2.05, 4.69) is 138 Å². The Labute approximate surface area is 194 Å². The molecule has 0 fully saturated rings. The Kier molecular flexibility index (Phi) is 7.66. The maximum absolute atomic E-state index is 6.84. The van der Waals surface area contributed by atoms with Gasteiger partial charge in [-0.3, -0.25) is 0 Å². The molecule has 0 N–H and O–H groups in total. The van der Waals surface area contributed by atoms with Gasteiger partial charge in [-0.2, -0.15) is 0 Å². The minimum absolute atomic E-state index is 0.191.